The van der Waals surface area contributed by atoms with E-state index in [4.69, 9.17) is 9.26 Å². The second-order valence-corrected chi connectivity index (χ2v) is 5.55. The molecule has 7 nitrogen and oxygen atoms in total. The van der Waals surface area contributed by atoms with Crippen molar-refractivity contribution in [3.8, 4) is 5.88 Å². The van der Waals surface area contributed by atoms with E-state index in [0.717, 1.165) is 55.8 Å². The summed E-state index contributed by atoms with van der Waals surface area (Å²) >= 11 is 0. The minimum absolute atomic E-state index is 0.613. The molecule has 0 saturated carbocycles. The van der Waals surface area contributed by atoms with Crippen molar-refractivity contribution in [3.05, 3.63) is 29.3 Å². The minimum atomic E-state index is 0.613. The molecule has 22 heavy (non-hydrogen) atoms. The molecule has 0 radical (unpaired) electrons. The Kier molecular flexibility index (Phi) is 4.24. The molecule has 1 aliphatic heterocycles. The van der Waals surface area contributed by atoms with Crippen LogP contribution in [0.2, 0.25) is 0 Å². The molecule has 0 aliphatic carbocycles. The van der Waals surface area contributed by atoms with Crippen LogP contribution in [0.15, 0.2) is 16.7 Å². The van der Waals surface area contributed by atoms with E-state index >= 15 is 0 Å². The van der Waals surface area contributed by atoms with E-state index in [1.165, 1.54) is 0 Å². The van der Waals surface area contributed by atoms with Crippen molar-refractivity contribution < 1.29 is 9.26 Å². The highest BCUT2D eigenvalue weighted by molar-refractivity contribution is 5.35. The second-order valence-electron chi connectivity index (χ2n) is 5.55. The maximum Gasteiger partial charge on any atom is 0.228 e. The lowest BCUT2D eigenvalue weighted by atomic mass is 10.3. The lowest BCUT2D eigenvalue weighted by Crippen LogP contribution is -2.46. The van der Waals surface area contributed by atoms with Crippen molar-refractivity contribution in [2.45, 2.75) is 20.4 Å². The molecule has 1 saturated heterocycles. The Morgan fingerprint density at radius 3 is 2.50 bits per heavy atom. The molecule has 0 atom stereocenters. The minimum Gasteiger partial charge on any atom is -0.481 e. The molecule has 0 bridgehead atoms. The first-order valence-corrected chi connectivity index (χ1v) is 7.43. The van der Waals surface area contributed by atoms with Crippen LogP contribution < -0.4 is 9.64 Å². The maximum absolute atomic E-state index is 5.28. The van der Waals surface area contributed by atoms with Crippen LogP contribution in [0.5, 0.6) is 5.88 Å². The number of nitrogens with zero attached hydrogens (tertiary/aromatic N) is 5. The first kappa shape index (κ1) is 14.8. The monoisotopic (exact) mass is 303 g/mol. The van der Waals surface area contributed by atoms with Crippen LogP contribution in [0.25, 0.3) is 0 Å². The van der Waals surface area contributed by atoms with Crippen LogP contribution in [0.1, 0.15) is 17.1 Å². The van der Waals surface area contributed by atoms with Crippen molar-refractivity contribution in [2.75, 3.05) is 38.2 Å². The third kappa shape index (κ3) is 3.36. The average molecular weight is 303 g/mol. The average Bonchev–Trinajstić information content (AvgIpc) is 2.92. The molecular formula is C15H21N5O2. The number of piperazine rings is 1. The molecule has 3 heterocycles. The number of hydrogen-bond acceptors (Lipinski definition) is 7. The Morgan fingerprint density at radius 2 is 1.86 bits per heavy atom. The Bertz CT molecular complexity index is 635. The van der Waals surface area contributed by atoms with E-state index in [9.17, 15) is 0 Å². The molecule has 0 amide bonds. The summed E-state index contributed by atoms with van der Waals surface area (Å²) in [6, 6.07) is 3.83. The van der Waals surface area contributed by atoms with Gasteiger partial charge in [0.2, 0.25) is 11.8 Å². The third-order valence-electron chi connectivity index (χ3n) is 3.74. The molecule has 7 heteroatoms. The molecular weight excluding hydrogens is 282 g/mol. The topological polar surface area (TPSA) is 67.5 Å². The molecule has 118 valence electrons. The number of anilines is 1. The predicted molar refractivity (Wildman–Crippen MR) is 82.1 cm³/mol. The molecule has 3 rings (SSSR count). The summed E-state index contributed by atoms with van der Waals surface area (Å²) < 4.78 is 10.5. The number of aromatic nitrogens is 3. The van der Waals surface area contributed by atoms with Crippen molar-refractivity contribution in [2.24, 2.45) is 0 Å². The van der Waals surface area contributed by atoms with Crippen LogP contribution in [0, 0.1) is 13.8 Å². The number of aryl methyl sites for hydroxylation is 2. The van der Waals surface area contributed by atoms with E-state index in [1.54, 1.807) is 7.11 Å². The van der Waals surface area contributed by atoms with Crippen LogP contribution in [-0.2, 0) is 6.54 Å². The molecule has 0 aromatic carbocycles. The van der Waals surface area contributed by atoms with Crippen LogP contribution in [0.4, 0.5) is 5.95 Å². The molecule has 1 fully saturated rings. The Morgan fingerprint density at radius 1 is 1.09 bits per heavy atom. The lowest BCUT2D eigenvalue weighted by molar-refractivity contribution is 0.218. The highest BCUT2D eigenvalue weighted by Gasteiger charge is 2.20. The van der Waals surface area contributed by atoms with Gasteiger partial charge in [-0.15, -0.1) is 0 Å². The largest absolute Gasteiger partial charge is 0.481 e. The van der Waals surface area contributed by atoms with Gasteiger partial charge < -0.3 is 14.2 Å². The lowest BCUT2D eigenvalue weighted by Gasteiger charge is -2.34. The van der Waals surface area contributed by atoms with Gasteiger partial charge in [-0.25, -0.2) is 4.98 Å². The number of rotatable bonds is 4. The van der Waals surface area contributed by atoms with E-state index in [2.05, 4.69) is 24.9 Å². The summed E-state index contributed by atoms with van der Waals surface area (Å²) in [5, 5.41) is 3.93. The third-order valence-corrected chi connectivity index (χ3v) is 3.74. The van der Waals surface area contributed by atoms with Gasteiger partial charge in [-0.1, -0.05) is 5.16 Å². The summed E-state index contributed by atoms with van der Waals surface area (Å²) in [6.07, 6.45) is 0. The summed E-state index contributed by atoms with van der Waals surface area (Å²) in [4.78, 5) is 13.5. The highest BCUT2D eigenvalue weighted by Crippen LogP contribution is 2.17. The number of ether oxygens (including phenoxy) is 1. The van der Waals surface area contributed by atoms with E-state index in [1.807, 2.05) is 26.0 Å². The molecule has 2 aromatic rings. The zero-order valence-electron chi connectivity index (χ0n) is 13.2. The molecule has 0 spiro atoms. The fourth-order valence-electron chi connectivity index (χ4n) is 2.59. The molecule has 1 aliphatic rings. The van der Waals surface area contributed by atoms with Gasteiger partial charge in [0.1, 0.15) is 0 Å². The Balaban J connectivity index is 1.60. The van der Waals surface area contributed by atoms with Crippen molar-refractivity contribution in [1.82, 2.24) is 20.0 Å². The predicted octanol–water partition coefficient (Wildman–Crippen LogP) is 1.41. The van der Waals surface area contributed by atoms with Gasteiger partial charge in [-0.3, -0.25) is 4.90 Å². The van der Waals surface area contributed by atoms with Crippen molar-refractivity contribution in [3.63, 3.8) is 0 Å². The quantitative estimate of drug-likeness (QED) is 0.846. The zero-order valence-corrected chi connectivity index (χ0v) is 13.2. The van der Waals surface area contributed by atoms with E-state index in [0.29, 0.717) is 5.88 Å². The molecule has 0 N–H and O–H groups in total. The van der Waals surface area contributed by atoms with Crippen molar-refractivity contribution >= 4 is 5.95 Å². The number of hydrogen-bond donors (Lipinski definition) is 0. The van der Waals surface area contributed by atoms with Gasteiger partial charge in [0.15, 0.2) is 5.76 Å². The van der Waals surface area contributed by atoms with Gasteiger partial charge in [0, 0.05) is 44.0 Å². The zero-order chi connectivity index (χ0) is 15.5. The van der Waals surface area contributed by atoms with E-state index in [-0.39, 0.29) is 0 Å². The van der Waals surface area contributed by atoms with Gasteiger partial charge >= 0.3 is 0 Å². The summed E-state index contributed by atoms with van der Waals surface area (Å²) in [5.74, 6) is 2.27. The fourth-order valence-corrected chi connectivity index (χ4v) is 2.59. The molecule has 2 aromatic heterocycles. The first-order valence-electron chi connectivity index (χ1n) is 7.43. The fraction of sp³-hybridized carbons (Fsp3) is 0.533. The molecule has 0 unspecified atom stereocenters. The Hall–Kier alpha value is -2.15. The van der Waals surface area contributed by atoms with Crippen LogP contribution in [0.3, 0.4) is 0 Å². The summed E-state index contributed by atoms with van der Waals surface area (Å²) in [7, 11) is 1.63. The maximum atomic E-state index is 5.28. The van der Waals surface area contributed by atoms with Gasteiger partial charge in [-0.2, -0.15) is 4.98 Å². The highest BCUT2D eigenvalue weighted by atomic mass is 16.5. The van der Waals surface area contributed by atoms with E-state index < -0.39 is 0 Å². The summed E-state index contributed by atoms with van der Waals surface area (Å²) in [5.41, 5.74) is 1.84. The Labute approximate surface area is 129 Å². The van der Waals surface area contributed by atoms with Crippen LogP contribution in [-0.4, -0.2) is 53.3 Å². The first-order chi connectivity index (χ1) is 10.6. The second kappa shape index (κ2) is 6.31. The normalized spacial score (nSPS) is 16.0. The standard InChI is InChI=1S/C15H21N5O2/c1-11-9-14(21-3)17-15(16-11)20-6-4-19(5-7-20)10-13-8-12(2)18-22-13/h8-9H,4-7,10H2,1-3H3. The van der Waals surface area contributed by atoms with Gasteiger partial charge in [0.05, 0.1) is 19.3 Å². The SMILES string of the molecule is COc1cc(C)nc(N2CCN(Cc3cc(C)no3)CC2)n1. The summed E-state index contributed by atoms with van der Waals surface area (Å²) in [6.45, 7) is 8.36. The van der Waals surface area contributed by atoms with Gasteiger partial charge in [0.25, 0.3) is 0 Å². The van der Waals surface area contributed by atoms with Crippen LogP contribution >= 0.6 is 0 Å². The number of methoxy groups -OCH3 is 1. The smallest absolute Gasteiger partial charge is 0.228 e. The van der Waals surface area contributed by atoms with Crippen molar-refractivity contribution in [1.29, 1.82) is 0 Å². The van der Waals surface area contributed by atoms with Gasteiger partial charge in [-0.05, 0) is 13.8 Å².